The van der Waals surface area contributed by atoms with E-state index in [0.717, 1.165) is 5.69 Å². The van der Waals surface area contributed by atoms with Gasteiger partial charge in [0.05, 0.1) is 6.54 Å². The summed E-state index contributed by atoms with van der Waals surface area (Å²) in [5.74, 6) is 0.351. The molecule has 2 rings (SSSR count). The molecule has 2 aromatic rings. The molecule has 0 amide bonds. The van der Waals surface area contributed by atoms with E-state index in [2.05, 4.69) is 5.32 Å². The molecular weight excluding hydrogens is 323 g/mol. The molecule has 6 heteroatoms. The zero-order chi connectivity index (χ0) is 15.9. The topological polar surface area (TPSA) is 24.5 Å². The second-order valence-corrected chi connectivity index (χ2v) is 5.48. The second-order valence-electron chi connectivity index (χ2n) is 4.66. The van der Waals surface area contributed by atoms with Crippen molar-refractivity contribution in [1.29, 1.82) is 0 Å². The Morgan fingerprint density at radius 3 is 2.45 bits per heavy atom. The molecule has 0 saturated heterocycles. The summed E-state index contributed by atoms with van der Waals surface area (Å²) in [7, 11) is 1.87. The molecule has 0 aliphatic rings. The molecular formula is C16H16ClFN2OS. The first-order valence-corrected chi connectivity index (χ1v) is 7.49. The Hall–Kier alpha value is -1.85. The lowest BCUT2D eigenvalue weighted by molar-refractivity contribution is 0.285. The third-order valence-electron chi connectivity index (χ3n) is 2.95. The molecule has 0 aromatic heterocycles. The summed E-state index contributed by atoms with van der Waals surface area (Å²) in [4.78, 5) is 1.87. The zero-order valence-corrected chi connectivity index (χ0v) is 13.6. The van der Waals surface area contributed by atoms with Crippen molar-refractivity contribution in [2.75, 3.05) is 25.5 Å². The maximum Gasteiger partial charge on any atom is 0.173 e. The van der Waals surface area contributed by atoms with Crippen LogP contribution in [0.25, 0.3) is 0 Å². The molecule has 1 N–H and O–H groups in total. The van der Waals surface area contributed by atoms with Crippen LogP contribution in [0.4, 0.5) is 10.1 Å². The fraction of sp³-hybridized carbons (Fsp3) is 0.188. The highest BCUT2D eigenvalue weighted by molar-refractivity contribution is 7.80. The number of thiocarbonyl (C=S) groups is 1. The molecule has 0 aliphatic heterocycles. The summed E-state index contributed by atoms with van der Waals surface area (Å²) in [5, 5.41) is 4.38. The first-order chi connectivity index (χ1) is 10.5. The van der Waals surface area contributed by atoms with E-state index in [4.69, 9.17) is 28.6 Å². The molecule has 0 aliphatic carbocycles. The molecule has 0 radical (unpaired) electrons. The van der Waals surface area contributed by atoms with Crippen molar-refractivity contribution in [2.45, 2.75) is 0 Å². The summed E-state index contributed by atoms with van der Waals surface area (Å²) in [6.45, 7) is 1.06. The summed E-state index contributed by atoms with van der Waals surface area (Å²) in [5.41, 5.74) is 0.876. The molecule has 0 fully saturated rings. The second kappa shape index (κ2) is 7.96. The van der Waals surface area contributed by atoms with Gasteiger partial charge in [0.1, 0.15) is 18.2 Å². The highest BCUT2D eigenvalue weighted by atomic mass is 35.5. The van der Waals surface area contributed by atoms with Crippen LogP contribution < -0.4 is 10.1 Å². The first-order valence-electron chi connectivity index (χ1n) is 6.70. The van der Waals surface area contributed by atoms with Crippen LogP contribution >= 0.6 is 23.8 Å². The van der Waals surface area contributed by atoms with Gasteiger partial charge in [-0.2, -0.15) is 0 Å². The van der Waals surface area contributed by atoms with E-state index in [1.54, 1.807) is 24.3 Å². The maximum absolute atomic E-state index is 12.8. The number of ether oxygens (including phenoxy) is 1. The largest absolute Gasteiger partial charge is 0.492 e. The molecule has 22 heavy (non-hydrogen) atoms. The van der Waals surface area contributed by atoms with Gasteiger partial charge < -0.3 is 15.0 Å². The van der Waals surface area contributed by atoms with Gasteiger partial charge >= 0.3 is 0 Å². The van der Waals surface area contributed by atoms with E-state index in [1.807, 2.05) is 24.1 Å². The fourth-order valence-electron chi connectivity index (χ4n) is 1.68. The molecule has 2 aromatic carbocycles. The van der Waals surface area contributed by atoms with E-state index >= 15 is 0 Å². The minimum Gasteiger partial charge on any atom is -0.492 e. The maximum atomic E-state index is 12.8. The lowest BCUT2D eigenvalue weighted by Gasteiger charge is -2.21. The molecule has 0 unspecified atom stereocenters. The Labute approximate surface area is 139 Å². The number of benzene rings is 2. The smallest absolute Gasteiger partial charge is 0.173 e. The quantitative estimate of drug-likeness (QED) is 0.826. The first kappa shape index (κ1) is 16.5. The highest BCUT2D eigenvalue weighted by Crippen LogP contribution is 2.14. The van der Waals surface area contributed by atoms with Crippen LogP contribution in [-0.2, 0) is 0 Å². The van der Waals surface area contributed by atoms with Crippen LogP contribution in [-0.4, -0.2) is 30.2 Å². The average Bonchev–Trinajstić information content (AvgIpc) is 2.51. The van der Waals surface area contributed by atoms with Gasteiger partial charge in [-0.1, -0.05) is 11.6 Å². The number of nitrogens with one attached hydrogen (secondary N) is 1. The van der Waals surface area contributed by atoms with Gasteiger partial charge in [0.15, 0.2) is 5.11 Å². The van der Waals surface area contributed by atoms with Crippen LogP contribution in [0.1, 0.15) is 0 Å². The normalized spacial score (nSPS) is 10.1. The van der Waals surface area contributed by atoms with Crippen molar-refractivity contribution in [3.05, 3.63) is 59.4 Å². The third-order valence-corrected chi connectivity index (χ3v) is 3.62. The van der Waals surface area contributed by atoms with Gasteiger partial charge in [0.25, 0.3) is 0 Å². The van der Waals surface area contributed by atoms with Crippen molar-refractivity contribution >= 4 is 34.6 Å². The van der Waals surface area contributed by atoms with Gasteiger partial charge in [-0.15, -0.1) is 0 Å². The van der Waals surface area contributed by atoms with Crippen LogP contribution in [0.15, 0.2) is 48.5 Å². The third kappa shape index (κ3) is 5.16. The molecule has 116 valence electrons. The van der Waals surface area contributed by atoms with Crippen LogP contribution in [0, 0.1) is 5.82 Å². The number of rotatable bonds is 5. The number of nitrogens with zero attached hydrogens (tertiary/aromatic N) is 1. The van der Waals surface area contributed by atoms with Gasteiger partial charge in [0, 0.05) is 17.8 Å². The van der Waals surface area contributed by atoms with Crippen molar-refractivity contribution in [2.24, 2.45) is 0 Å². The minimum atomic E-state index is -0.280. The standard InChI is InChI=1S/C16H16ClFN2OS/c1-20(10-11-21-15-8-4-13(18)5-9-15)16(22)19-14-6-2-12(17)3-7-14/h2-9H,10-11H2,1H3,(H,19,22). The average molecular weight is 339 g/mol. The van der Waals surface area contributed by atoms with E-state index in [1.165, 1.54) is 12.1 Å². The van der Waals surface area contributed by atoms with E-state index < -0.39 is 0 Å². The highest BCUT2D eigenvalue weighted by Gasteiger charge is 2.05. The Morgan fingerprint density at radius 1 is 1.18 bits per heavy atom. The molecule has 3 nitrogen and oxygen atoms in total. The van der Waals surface area contributed by atoms with Gasteiger partial charge in [-0.3, -0.25) is 0 Å². The predicted molar refractivity (Wildman–Crippen MR) is 92.2 cm³/mol. The molecule has 0 saturated carbocycles. The number of halogens is 2. The predicted octanol–water partition coefficient (Wildman–Crippen LogP) is 4.19. The Morgan fingerprint density at radius 2 is 1.82 bits per heavy atom. The Bertz CT molecular complexity index is 619. The van der Waals surface area contributed by atoms with Crippen LogP contribution in [0.5, 0.6) is 5.75 Å². The van der Waals surface area contributed by atoms with Crippen LogP contribution in [0.2, 0.25) is 5.02 Å². The summed E-state index contributed by atoms with van der Waals surface area (Å²) >= 11 is 11.2. The SMILES string of the molecule is CN(CCOc1ccc(F)cc1)C(=S)Nc1ccc(Cl)cc1. The summed E-state index contributed by atoms with van der Waals surface area (Å²) in [6, 6.07) is 13.2. The lowest BCUT2D eigenvalue weighted by atomic mass is 10.3. The van der Waals surface area contributed by atoms with E-state index in [-0.39, 0.29) is 5.82 Å². The van der Waals surface area contributed by atoms with Crippen molar-refractivity contribution < 1.29 is 9.13 Å². The lowest BCUT2D eigenvalue weighted by Crippen LogP contribution is -2.34. The van der Waals surface area contributed by atoms with Gasteiger partial charge in [-0.05, 0) is 60.7 Å². The van der Waals surface area contributed by atoms with E-state index in [9.17, 15) is 4.39 Å². The molecule has 0 heterocycles. The number of anilines is 1. The monoisotopic (exact) mass is 338 g/mol. The van der Waals surface area contributed by atoms with Crippen LogP contribution in [0.3, 0.4) is 0 Å². The van der Waals surface area contributed by atoms with Crippen molar-refractivity contribution in [3.63, 3.8) is 0 Å². The fourth-order valence-corrected chi connectivity index (χ4v) is 2.02. The van der Waals surface area contributed by atoms with E-state index in [0.29, 0.717) is 29.0 Å². The molecule has 0 spiro atoms. The van der Waals surface area contributed by atoms with Crippen molar-refractivity contribution in [3.8, 4) is 5.75 Å². The van der Waals surface area contributed by atoms with Gasteiger partial charge in [-0.25, -0.2) is 4.39 Å². The number of hydrogen-bond donors (Lipinski definition) is 1. The number of hydrogen-bond acceptors (Lipinski definition) is 2. The Kier molecular flexibility index (Phi) is 5.98. The van der Waals surface area contributed by atoms with Crippen molar-refractivity contribution in [1.82, 2.24) is 4.90 Å². The number of likely N-dealkylation sites (N-methyl/N-ethyl adjacent to an activating group) is 1. The summed E-state index contributed by atoms with van der Waals surface area (Å²) < 4.78 is 18.3. The minimum absolute atomic E-state index is 0.280. The Balaban J connectivity index is 1.76. The molecule has 0 atom stereocenters. The summed E-state index contributed by atoms with van der Waals surface area (Å²) in [6.07, 6.45) is 0. The zero-order valence-electron chi connectivity index (χ0n) is 12.1. The molecule has 0 bridgehead atoms. The van der Waals surface area contributed by atoms with Gasteiger partial charge in [0.2, 0.25) is 0 Å².